The molecule has 1 aromatic heterocycles. The van der Waals surface area contributed by atoms with Crippen molar-refractivity contribution in [2.24, 2.45) is 35.5 Å². The van der Waals surface area contributed by atoms with E-state index >= 15 is 0 Å². The molecule has 162 valence electrons. The van der Waals surface area contributed by atoms with Crippen LogP contribution in [0.15, 0.2) is 48.7 Å². The Labute approximate surface area is 183 Å². The number of ether oxygens (including phenoxy) is 1. The first kappa shape index (κ1) is 20.4. The quantitative estimate of drug-likeness (QED) is 0.560. The molecule has 2 heterocycles. The average molecular weight is 420 g/mol. The Hall–Kier alpha value is -2.49. The summed E-state index contributed by atoms with van der Waals surface area (Å²) in [4.78, 5) is 17.1. The molecule has 1 aromatic carbocycles. The maximum absolute atomic E-state index is 13.5. The fourth-order valence-corrected chi connectivity index (χ4v) is 6.40. The van der Waals surface area contributed by atoms with Crippen molar-refractivity contribution in [2.75, 3.05) is 0 Å². The van der Waals surface area contributed by atoms with E-state index in [1.165, 1.54) is 31.4 Å². The minimum Gasteiger partial charge on any atom is -0.462 e. The number of aromatic nitrogens is 1. The Bertz CT molecular complexity index is 985. The van der Waals surface area contributed by atoms with E-state index in [1.807, 2.05) is 18.2 Å². The number of carbonyl (C=O) groups excluding carboxylic acids is 1. The van der Waals surface area contributed by atoms with Gasteiger partial charge in [-0.15, -0.1) is 0 Å². The number of rotatable bonds is 3. The maximum Gasteiger partial charge on any atom is 0.309 e. The Balaban J connectivity index is 1.39. The molecule has 7 atom stereocenters. The molecule has 5 rings (SSSR count). The standard InChI is InChI=1S/C27H30FNO2/c1-16-6-10-23-20(12-16)14-25-26(17(2)31-27(25)30)24(23)11-9-22-8-7-19(15-29-22)18-4-3-5-21(28)13-18/h3-5,7-9,11,13,15-17,20,23-26H,6,10,12,14H2,1-2H3/t16?,17-,20+,23?,24?,25?,26+/m1/s1. The van der Waals surface area contributed by atoms with Gasteiger partial charge >= 0.3 is 5.97 Å². The van der Waals surface area contributed by atoms with E-state index in [9.17, 15) is 9.18 Å². The molecule has 1 saturated heterocycles. The van der Waals surface area contributed by atoms with Crippen molar-refractivity contribution in [3.05, 3.63) is 60.2 Å². The number of esters is 1. The Kier molecular flexibility index (Phi) is 5.41. The zero-order chi connectivity index (χ0) is 21.5. The summed E-state index contributed by atoms with van der Waals surface area (Å²) in [5, 5.41) is 0. The second kappa shape index (κ2) is 8.22. The Morgan fingerprint density at radius 3 is 2.74 bits per heavy atom. The first-order chi connectivity index (χ1) is 15.0. The highest BCUT2D eigenvalue weighted by molar-refractivity contribution is 5.75. The fourth-order valence-electron chi connectivity index (χ4n) is 6.40. The van der Waals surface area contributed by atoms with Gasteiger partial charge in [0.15, 0.2) is 0 Å². The van der Waals surface area contributed by atoms with Crippen LogP contribution < -0.4 is 0 Å². The highest BCUT2D eigenvalue weighted by Gasteiger charge is 2.54. The van der Waals surface area contributed by atoms with Crippen molar-refractivity contribution in [3.8, 4) is 11.1 Å². The van der Waals surface area contributed by atoms with Gasteiger partial charge in [-0.2, -0.15) is 0 Å². The number of carbonyl (C=O) groups is 1. The normalized spacial score (nSPS) is 34.9. The van der Waals surface area contributed by atoms with Gasteiger partial charge in [0.2, 0.25) is 0 Å². The second-order valence-electron chi connectivity index (χ2n) is 9.82. The van der Waals surface area contributed by atoms with Gasteiger partial charge < -0.3 is 4.74 Å². The highest BCUT2D eigenvalue weighted by Crippen LogP contribution is 2.54. The van der Waals surface area contributed by atoms with Crippen molar-refractivity contribution < 1.29 is 13.9 Å². The summed E-state index contributed by atoms with van der Waals surface area (Å²) in [7, 11) is 0. The number of fused-ring (bicyclic) bond motifs is 2. The summed E-state index contributed by atoms with van der Waals surface area (Å²) >= 11 is 0. The smallest absolute Gasteiger partial charge is 0.309 e. The number of allylic oxidation sites excluding steroid dienone is 1. The molecule has 3 aliphatic rings. The van der Waals surface area contributed by atoms with Crippen LogP contribution in [-0.4, -0.2) is 17.1 Å². The van der Waals surface area contributed by atoms with Gasteiger partial charge in [0.1, 0.15) is 11.9 Å². The van der Waals surface area contributed by atoms with Gasteiger partial charge in [-0.05, 0) is 79.7 Å². The third-order valence-corrected chi connectivity index (χ3v) is 7.84. The summed E-state index contributed by atoms with van der Waals surface area (Å²) in [6.45, 7) is 4.40. The molecule has 2 aliphatic carbocycles. The van der Waals surface area contributed by atoms with Crippen LogP contribution in [0.25, 0.3) is 17.2 Å². The van der Waals surface area contributed by atoms with Crippen LogP contribution in [0.1, 0.15) is 45.2 Å². The van der Waals surface area contributed by atoms with Gasteiger partial charge in [0, 0.05) is 17.7 Å². The molecule has 0 bridgehead atoms. The summed E-state index contributed by atoms with van der Waals surface area (Å²) in [5.41, 5.74) is 2.62. The van der Waals surface area contributed by atoms with Crippen LogP contribution >= 0.6 is 0 Å². The molecular weight excluding hydrogens is 389 g/mol. The number of hydrogen-bond acceptors (Lipinski definition) is 3. The zero-order valence-electron chi connectivity index (χ0n) is 18.2. The lowest BCUT2D eigenvalue weighted by Crippen LogP contribution is -2.43. The van der Waals surface area contributed by atoms with Crippen LogP contribution in [0.5, 0.6) is 0 Å². The highest BCUT2D eigenvalue weighted by atomic mass is 19.1. The topological polar surface area (TPSA) is 39.2 Å². The molecule has 3 nitrogen and oxygen atoms in total. The number of cyclic esters (lactones) is 1. The summed E-state index contributed by atoms with van der Waals surface area (Å²) in [6, 6.07) is 10.5. The number of halogens is 1. The molecule has 2 saturated carbocycles. The molecule has 2 aromatic rings. The van der Waals surface area contributed by atoms with E-state index < -0.39 is 0 Å². The van der Waals surface area contributed by atoms with E-state index in [2.05, 4.69) is 31.0 Å². The van der Waals surface area contributed by atoms with Gasteiger partial charge in [-0.1, -0.05) is 37.6 Å². The van der Waals surface area contributed by atoms with Crippen LogP contribution in [0, 0.1) is 41.3 Å². The maximum atomic E-state index is 13.5. The zero-order valence-corrected chi connectivity index (χ0v) is 18.2. The predicted molar refractivity (Wildman–Crippen MR) is 119 cm³/mol. The molecule has 0 N–H and O–H groups in total. The minimum atomic E-state index is -0.243. The second-order valence-corrected chi connectivity index (χ2v) is 9.82. The van der Waals surface area contributed by atoms with E-state index in [0.717, 1.165) is 29.2 Å². The molecule has 0 spiro atoms. The molecule has 0 radical (unpaired) electrons. The van der Waals surface area contributed by atoms with E-state index in [0.29, 0.717) is 17.8 Å². The van der Waals surface area contributed by atoms with Crippen molar-refractivity contribution in [3.63, 3.8) is 0 Å². The van der Waals surface area contributed by atoms with Gasteiger partial charge in [0.25, 0.3) is 0 Å². The molecule has 31 heavy (non-hydrogen) atoms. The number of nitrogens with zero attached hydrogens (tertiary/aromatic N) is 1. The largest absolute Gasteiger partial charge is 0.462 e. The monoisotopic (exact) mass is 419 g/mol. The molecular formula is C27H30FNO2. The Morgan fingerprint density at radius 2 is 1.97 bits per heavy atom. The summed E-state index contributed by atoms with van der Waals surface area (Å²) in [5.74, 6) is 2.40. The first-order valence-electron chi connectivity index (χ1n) is 11.6. The van der Waals surface area contributed by atoms with E-state index in [4.69, 9.17) is 4.74 Å². The van der Waals surface area contributed by atoms with Crippen molar-refractivity contribution >= 4 is 12.0 Å². The van der Waals surface area contributed by atoms with E-state index in [1.54, 1.807) is 12.3 Å². The third-order valence-electron chi connectivity index (χ3n) is 7.84. The van der Waals surface area contributed by atoms with Crippen molar-refractivity contribution in [1.29, 1.82) is 0 Å². The molecule has 1 aliphatic heterocycles. The lowest BCUT2D eigenvalue weighted by atomic mass is 9.56. The van der Waals surface area contributed by atoms with Crippen molar-refractivity contribution in [1.82, 2.24) is 4.98 Å². The Morgan fingerprint density at radius 1 is 1.10 bits per heavy atom. The number of pyridine rings is 1. The van der Waals surface area contributed by atoms with Gasteiger partial charge in [-0.25, -0.2) is 4.39 Å². The van der Waals surface area contributed by atoms with Crippen molar-refractivity contribution in [2.45, 2.75) is 45.6 Å². The number of hydrogen-bond donors (Lipinski definition) is 0. The average Bonchev–Trinajstić information content (AvgIpc) is 3.04. The molecule has 3 fully saturated rings. The molecule has 4 unspecified atom stereocenters. The minimum absolute atomic E-state index is 0.00477. The van der Waals surface area contributed by atoms with Crippen LogP contribution in [0.2, 0.25) is 0 Å². The predicted octanol–water partition coefficient (Wildman–Crippen LogP) is 6.15. The van der Waals surface area contributed by atoms with Gasteiger partial charge in [-0.3, -0.25) is 9.78 Å². The SMILES string of the molecule is CC1CCC2C(C=Cc3ccc(-c4cccc(F)c4)cn3)[C@H]3C(C[C@@H]2C1)C(=O)O[C@@H]3C. The van der Waals surface area contributed by atoms with Gasteiger partial charge in [0.05, 0.1) is 11.6 Å². The lowest BCUT2D eigenvalue weighted by Gasteiger charge is -2.47. The third kappa shape index (κ3) is 3.93. The van der Waals surface area contributed by atoms with Crippen LogP contribution in [0.3, 0.4) is 0 Å². The summed E-state index contributed by atoms with van der Waals surface area (Å²) in [6.07, 6.45) is 10.9. The lowest BCUT2D eigenvalue weighted by molar-refractivity contribution is -0.144. The van der Waals surface area contributed by atoms with Crippen LogP contribution in [0.4, 0.5) is 4.39 Å². The summed E-state index contributed by atoms with van der Waals surface area (Å²) < 4.78 is 19.2. The van der Waals surface area contributed by atoms with Crippen LogP contribution in [-0.2, 0) is 9.53 Å². The first-order valence-corrected chi connectivity index (χ1v) is 11.6. The fraction of sp³-hybridized carbons (Fsp3) is 0.481. The molecule has 0 amide bonds. The van der Waals surface area contributed by atoms with E-state index in [-0.39, 0.29) is 29.7 Å². The number of benzene rings is 1. The molecule has 4 heteroatoms.